The van der Waals surface area contributed by atoms with Crippen LogP contribution < -0.4 is 9.64 Å². The average molecular weight is 692 g/mol. The molecule has 2 atom stereocenters. The second-order valence-corrected chi connectivity index (χ2v) is 15.5. The normalized spacial score (nSPS) is 18.4. The molecule has 8 nitrogen and oxygen atoms in total. The molecule has 48 heavy (non-hydrogen) atoms. The van der Waals surface area contributed by atoms with Gasteiger partial charge >= 0.3 is 0 Å². The van der Waals surface area contributed by atoms with Crippen LogP contribution in [0, 0.1) is 5.41 Å². The first-order chi connectivity index (χ1) is 22.5. The van der Waals surface area contributed by atoms with Gasteiger partial charge in [-0.05, 0) is 75.1 Å². The van der Waals surface area contributed by atoms with Gasteiger partial charge in [0.05, 0.1) is 62.8 Å². The highest BCUT2D eigenvalue weighted by Crippen LogP contribution is 2.50. The number of ether oxygens (including phenoxy) is 3. The van der Waals surface area contributed by atoms with Gasteiger partial charge in [-0.3, -0.25) is 0 Å². The van der Waals surface area contributed by atoms with Crippen molar-refractivity contribution in [2.45, 2.75) is 97.5 Å². The number of fused-ring (bicyclic) bond motifs is 1. The monoisotopic (exact) mass is 691 g/mol. The minimum atomic E-state index is -3.63. The lowest BCUT2D eigenvalue weighted by Crippen LogP contribution is -2.49. The predicted molar refractivity (Wildman–Crippen MR) is 199 cm³/mol. The van der Waals surface area contributed by atoms with E-state index in [0.29, 0.717) is 55.5 Å². The average Bonchev–Trinajstić information content (AvgIpc) is 3.14. The number of likely N-dealkylation sites (N-methyl/N-ethyl adjacent to an activating group) is 1. The third-order valence-corrected chi connectivity index (χ3v) is 12.5. The zero-order chi connectivity index (χ0) is 34.5. The molecule has 0 fully saturated rings. The molecular formula is C39H67N2O6S+. The number of anilines is 1. The summed E-state index contributed by atoms with van der Waals surface area (Å²) in [5, 5.41) is 12.4. The lowest BCUT2D eigenvalue weighted by molar-refractivity contribution is -0.923. The summed E-state index contributed by atoms with van der Waals surface area (Å²) in [5.41, 5.74) is 1.74. The van der Waals surface area contributed by atoms with Crippen LogP contribution in [0.4, 0.5) is 5.69 Å². The van der Waals surface area contributed by atoms with Crippen LogP contribution in [0.25, 0.3) is 0 Å². The van der Waals surface area contributed by atoms with E-state index in [1.54, 1.807) is 6.07 Å². The molecule has 0 radical (unpaired) electrons. The second kappa shape index (κ2) is 19.9. The molecule has 1 heterocycles. The van der Waals surface area contributed by atoms with Crippen molar-refractivity contribution in [3.8, 4) is 5.75 Å². The summed E-state index contributed by atoms with van der Waals surface area (Å²) in [6.07, 6.45) is 4.15. The van der Waals surface area contributed by atoms with Crippen molar-refractivity contribution in [2.24, 2.45) is 5.41 Å². The Bertz CT molecular complexity index is 1290. The van der Waals surface area contributed by atoms with Gasteiger partial charge in [0.15, 0.2) is 9.84 Å². The van der Waals surface area contributed by atoms with E-state index < -0.39 is 27.3 Å². The number of hydrogen-bond donors (Lipinski definition) is 1. The van der Waals surface area contributed by atoms with Crippen molar-refractivity contribution >= 4 is 15.5 Å². The fourth-order valence-electron chi connectivity index (χ4n) is 7.11. The van der Waals surface area contributed by atoms with Crippen molar-refractivity contribution < 1.29 is 32.2 Å². The van der Waals surface area contributed by atoms with Crippen LogP contribution in [0.5, 0.6) is 5.75 Å². The van der Waals surface area contributed by atoms with Gasteiger partial charge in [-0.25, -0.2) is 8.42 Å². The summed E-state index contributed by atoms with van der Waals surface area (Å²) in [6.45, 7) is 18.1. The molecule has 9 heteroatoms. The molecule has 0 saturated carbocycles. The Kier molecular flexibility index (Phi) is 17.4. The molecular weight excluding hydrogens is 625 g/mol. The highest BCUT2D eigenvalue weighted by molar-refractivity contribution is 7.91. The summed E-state index contributed by atoms with van der Waals surface area (Å²) in [6, 6.07) is 13.4. The zero-order valence-electron chi connectivity index (χ0n) is 30.3. The number of nitrogens with zero attached hydrogens (tertiary/aromatic N) is 2. The van der Waals surface area contributed by atoms with Crippen LogP contribution in [0.1, 0.15) is 97.6 Å². The van der Waals surface area contributed by atoms with E-state index in [-0.39, 0.29) is 13.2 Å². The maximum atomic E-state index is 14.0. The molecule has 0 aliphatic carbocycles. The van der Waals surface area contributed by atoms with Crippen molar-refractivity contribution in [2.75, 3.05) is 84.0 Å². The molecule has 0 amide bonds. The van der Waals surface area contributed by atoms with Crippen molar-refractivity contribution in [3.63, 3.8) is 0 Å². The molecule has 1 N–H and O–H groups in total. The van der Waals surface area contributed by atoms with Gasteiger partial charge < -0.3 is 28.7 Å². The summed E-state index contributed by atoms with van der Waals surface area (Å²) in [5.74, 6) is 0.195. The molecule has 0 aromatic heterocycles. The lowest BCUT2D eigenvalue weighted by atomic mass is 9.68. The van der Waals surface area contributed by atoms with Crippen LogP contribution in [-0.4, -0.2) is 103 Å². The number of aliphatic hydroxyl groups excluding tert-OH is 1. The number of rotatable bonds is 21. The van der Waals surface area contributed by atoms with E-state index in [1.165, 1.54) is 0 Å². The van der Waals surface area contributed by atoms with Crippen LogP contribution in [0.15, 0.2) is 47.4 Å². The van der Waals surface area contributed by atoms with Crippen LogP contribution in [-0.2, 0) is 19.3 Å². The van der Waals surface area contributed by atoms with Crippen LogP contribution in [0.3, 0.4) is 0 Å². The van der Waals surface area contributed by atoms with Crippen molar-refractivity contribution in [1.29, 1.82) is 0 Å². The molecule has 1 aliphatic rings. The first-order valence-corrected chi connectivity index (χ1v) is 19.6. The molecule has 0 spiro atoms. The fourth-order valence-corrected chi connectivity index (χ4v) is 9.30. The maximum absolute atomic E-state index is 14.0. The lowest BCUT2D eigenvalue weighted by Gasteiger charge is -2.40. The second-order valence-electron chi connectivity index (χ2n) is 13.5. The van der Waals surface area contributed by atoms with Gasteiger partial charge in [-0.1, -0.05) is 59.1 Å². The number of quaternary nitrogens is 1. The van der Waals surface area contributed by atoms with E-state index >= 15 is 0 Å². The van der Waals surface area contributed by atoms with Gasteiger partial charge in [-0.2, -0.15) is 0 Å². The van der Waals surface area contributed by atoms with E-state index in [4.69, 9.17) is 14.2 Å². The SMILES string of the molecule is C.CCCCC1(CCCC)CS(=O)(=O)c2ccc(N(C)C)cc2[C@@H](c2ccc(OCCOCCOCC[N+](CC)(CC)CC)cc2)[C@H]1O. The molecule has 0 unspecified atom stereocenters. The van der Waals surface area contributed by atoms with Crippen molar-refractivity contribution in [3.05, 3.63) is 53.6 Å². The van der Waals surface area contributed by atoms with E-state index in [1.807, 2.05) is 55.4 Å². The Morgan fingerprint density at radius 3 is 1.94 bits per heavy atom. The Morgan fingerprint density at radius 1 is 0.833 bits per heavy atom. The third-order valence-electron chi connectivity index (χ3n) is 10.5. The summed E-state index contributed by atoms with van der Waals surface area (Å²) in [4.78, 5) is 2.31. The van der Waals surface area contributed by atoms with E-state index in [0.717, 1.165) is 74.2 Å². The number of aliphatic hydroxyl groups is 1. The molecule has 2 aromatic carbocycles. The minimum absolute atomic E-state index is 0. The summed E-state index contributed by atoms with van der Waals surface area (Å²) in [7, 11) is 0.263. The number of benzene rings is 2. The van der Waals surface area contributed by atoms with Gasteiger partial charge in [0.2, 0.25) is 0 Å². The number of sulfone groups is 1. The smallest absolute Gasteiger partial charge is 0.179 e. The Balaban J connectivity index is 0.00000800. The molecule has 274 valence electrons. The van der Waals surface area contributed by atoms with E-state index in [9.17, 15) is 13.5 Å². The summed E-state index contributed by atoms with van der Waals surface area (Å²) < 4.78 is 46.7. The quantitative estimate of drug-likeness (QED) is 0.108. The minimum Gasteiger partial charge on any atom is -0.491 e. The molecule has 1 aliphatic heterocycles. The molecule has 0 saturated heterocycles. The fraction of sp³-hybridized carbons (Fsp3) is 0.692. The van der Waals surface area contributed by atoms with Gasteiger partial charge in [-0.15, -0.1) is 0 Å². The van der Waals surface area contributed by atoms with Gasteiger partial charge in [0.25, 0.3) is 0 Å². The zero-order valence-corrected chi connectivity index (χ0v) is 31.1. The highest BCUT2D eigenvalue weighted by atomic mass is 32.2. The number of hydrogen-bond acceptors (Lipinski definition) is 7. The van der Waals surface area contributed by atoms with Gasteiger partial charge in [0.1, 0.15) is 18.9 Å². The maximum Gasteiger partial charge on any atom is 0.179 e. The molecule has 2 aromatic rings. The Hall–Kier alpha value is -2.17. The molecule has 3 rings (SSSR count). The predicted octanol–water partition coefficient (Wildman–Crippen LogP) is 7.32. The first-order valence-electron chi connectivity index (χ1n) is 18.0. The number of unbranched alkanes of at least 4 members (excludes halogenated alkanes) is 2. The standard InChI is InChI=1S/C38H63N2O6S.CH4/c1-8-13-21-38(22-14-9-2)30-47(42,43)35-20-17-32(39(6)7)29-34(35)36(37(38)41)31-15-18-33(19-16-31)46-28-27-45-26-25-44-24-23-40(10-3,11-4)12-5;/h15-20,29,36-37,41H,8-14,21-28,30H2,1-7H3;1H4/q+1;/t36-,37-;/m1./s1. The third kappa shape index (κ3) is 10.7. The van der Waals surface area contributed by atoms with E-state index in [2.05, 4.69) is 34.6 Å². The Morgan fingerprint density at radius 2 is 1.40 bits per heavy atom. The van der Waals surface area contributed by atoms with Crippen LogP contribution in [0.2, 0.25) is 0 Å². The highest BCUT2D eigenvalue weighted by Gasteiger charge is 2.49. The van der Waals surface area contributed by atoms with Crippen LogP contribution >= 0.6 is 0 Å². The largest absolute Gasteiger partial charge is 0.491 e. The molecule has 0 bridgehead atoms. The Labute approximate surface area is 293 Å². The first kappa shape index (κ1) is 42.0. The van der Waals surface area contributed by atoms with Gasteiger partial charge in [0, 0.05) is 31.1 Å². The summed E-state index contributed by atoms with van der Waals surface area (Å²) >= 11 is 0. The van der Waals surface area contributed by atoms with Crippen molar-refractivity contribution in [1.82, 2.24) is 0 Å². The topological polar surface area (TPSA) is 85.3 Å².